The number of nitrogens with one attached hydrogen (secondary N) is 1. The van der Waals surface area contributed by atoms with Gasteiger partial charge in [0.05, 0.1) is 38.5 Å². The average Bonchev–Trinajstić information content (AvgIpc) is 3.07. The third-order valence-corrected chi connectivity index (χ3v) is 9.13. The number of rotatable bonds is 18. The Morgan fingerprint density at radius 3 is 2.17 bits per heavy atom. The summed E-state index contributed by atoms with van der Waals surface area (Å²) in [6.07, 6.45) is 2.01. The molecule has 3 aromatic carbocycles. The zero-order valence-corrected chi connectivity index (χ0v) is 28.3. The second-order valence-corrected chi connectivity index (χ2v) is 12.3. The number of unbranched alkanes of at least 4 members (excludes halogenated alkanes) is 1. The summed E-state index contributed by atoms with van der Waals surface area (Å²) >= 11 is 0. The fourth-order valence-corrected chi connectivity index (χ4v) is 6.33. The lowest BCUT2D eigenvalue weighted by Gasteiger charge is -2.33. The Morgan fingerprint density at radius 1 is 0.848 bits per heavy atom. The number of ether oxygens (including phenoxy) is 4. The summed E-state index contributed by atoms with van der Waals surface area (Å²) < 4.78 is 51.2. The van der Waals surface area contributed by atoms with E-state index in [1.54, 1.807) is 49.6 Å². The molecular weight excluding hydrogens is 610 g/mol. The third kappa shape index (κ3) is 9.06. The first kappa shape index (κ1) is 36.0. The van der Waals surface area contributed by atoms with E-state index in [0.717, 1.165) is 22.7 Å². The smallest absolute Gasteiger partial charge is 0.264 e. The van der Waals surface area contributed by atoms with Gasteiger partial charge in [-0.2, -0.15) is 0 Å². The molecule has 1 N–H and O–H groups in total. The van der Waals surface area contributed by atoms with Gasteiger partial charge in [0.25, 0.3) is 10.0 Å². The number of anilines is 1. The molecule has 0 aromatic heterocycles. The molecule has 250 valence electrons. The van der Waals surface area contributed by atoms with Crippen molar-refractivity contribution in [2.45, 2.75) is 57.5 Å². The second kappa shape index (κ2) is 17.3. The van der Waals surface area contributed by atoms with Crippen LogP contribution in [0.2, 0.25) is 0 Å². The number of benzene rings is 3. The first-order valence-corrected chi connectivity index (χ1v) is 16.7. The largest absolute Gasteiger partial charge is 0.497 e. The van der Waals surface area contributed by atoms with Crippen LogP contribution in [-0.4, -0.2) is 72.2 Å². The van der Waals surface area contributed by atoms with Crippen molar-refractivity contribution >= 4 is 27.5 Å². The minimum atomic E-state index is -4.33. The van der Waals surface area contributed by atoms with Crippen molar-refractivity contribution in [3.8, 4) is 23.0 Å². The van der Waals surface area contributed by atoms with E-state index in [2.05, 4.69) is 5.32 Å². The van der Waals surface area contributed by atoms with Gasteiger partial charge in [-0.3, -0.25) is 13.9 Å². The lowest BCUT2D eigenvalue weighted by molar-refractivity contribution is -0.140. The molecule has 12 heteroatoms. The van der Waals surface area contributed by atoms with E-state index in [1.165, 1.54) is 37.3 Å². The average molecular weight is 656 g/mol. The highest BCUT2D eigenvalue weighted by Crippen LogP contribution is 2.33. The summed E-state index contributed by atoms with van der Waals surface area (Å²) in [5.74, 6) is 0.860. The molecule has 0 fully saturated rings. The van der Waals surface area contributed by atoms with Crippen LogP contribution in [-0.2, 0) is 26.2 Å². The molecule has 0 saturated heterocycles. The minimum absolute atomic E-state index is 0.0588. The van der Waals surface area contributed by atoms with Crippen molar-refractivity contribution in [2.75, 3.05) is 45.3 Å². The molecule has 0 aliphatic heterocycles. The molecule has 0 bridgehead atoms. The van der Waals surface area contributed by atoms with Gasteiger partial charge in [0.2, 0.25) is 11.8 Å². The van der Waals surface area contributed by atoms with E-state index in [4.69, 9.17) is 18.9 Å². The Hall–Kier alpha value is -4.45. The topological polar surface area (TPSA) is 124 Å². The maximum Gasteiger partial charge on any atom is 0.264 e. The van der Waals surface area contributed by atoms with E-state index < -0.39 is 28.5 Å². The van der Waals surface area contributed by atoms with Crippen LogP contribution in [0, 0.1) is 0 Å². The van der Waals surface area contributed by atoms with Gasteiger partial charge in [-0.25, -0.2) is 8.42 Å². The Bertz CT molecular complexity index is 1550. The molecule has 0 radical (unpaired) electrons. The Morgan fingerprint density at radius 2 is 1.57 bits per heavy atom. The van der Waals surface area contributed by atoms with Crippen molar-refractivity contribution in [3.63, 3.8) is 0 Å². The van der Waals surface area contributed by atoms with Gasteiger partial charge in [0, 0.05) is 19.2 Å². The fourth-order valence-electron chi connectivity index (χ4n) is 4.90. The molecule has 3 rings (SSSR count). The summed E-state index contributed by atoms with van der Waals surface area (Å²) in [6.45, 7) is 6.08. The van der Waals surface area contributed by atoms with E-state index in [-0.39, 0.29) is 28.8 Å². The van der Waals surface area contributed by atoms with Crippen molar-refractivity contribution in [3.05, 3.63) is 72.3 Å². The van der Waals surface area contributed by atoms with E-state index in [0.29, 0.717) is 36.8 Å². The number of sulfonamides is 1. The van der Waals surface area contributed by atoms with Crippen LogP contribution in [0.25, 0.3) is 0 Å². The van der Waals surface area contributed by atoms with Gasteiger partial charge >= 0.3 is 0 Å². The second-order valence-electron chi connectivity index (χ2n) is 10.4. The minimum Gasteiger partial charge on any atom is -0.497 e. The fraction of sp³-hybridized carbons (Fsp3) is 0.412. The van der Waals surface area contributed by atoms with Crippen molar-refractivity contribution in [1.82, 2.24) is 10.2 Å². The van der Waals surface area contributed by atoms with E-state index in [9.17, 15) is 18.0 Å². The molecule has 46 heavy (non-hydrogen) atoms. The molecule has 1 unspecified atom stereocenters. The Balaban J connectivity index is 2.10. The molecule has 0 saturated carbocycles. The lowest BCUT2D eigenvalue weighted by Crippen LogP contribution is -2.52. The number of hydrogen-bond donors (Lipinski definition) is 1. The van der Waals surface area contributed by atoms with Crippen molar-refractivity contribution in [2.24, 2.45) is 0 Å². The van der Waals surface area contributed by atoms with Crippen LogP contribution in [0.15, 0.2) is 71.6 Å². The van der Waals surface area contributed by atoms with Gasteiger partial charge in [-0.05, 0) is 73.9 Å². The van der Waals surface area contributed by atoms with Gasteiger partial charge < -0.3 is 29.2 Å². The zero-order valence-electron chi connectivity index (χ0n) is 27.4. The summed E-state index contributed by atoms with van der Waals surface area (Å²) in [5.41, 5.74) is 0.969. The molecule has 3 aromatic rings. The van der Waals surface area contributed by atoms with E-state index >= 15 is 0 Å². The van der Waals surface area contributed by atoms with Crippen molar-refractivity contribution in [1.29, 1.82) is 0 Å². The first-order chi connectivity index (χ1) is 22.1. The zero-order chi connectivity index (χ0) is 33.7. The highest BCUT2D eigenvalue weighted by atomic mass is 32.2. The molecule has 0 spiro atoms. The van der Waals surface area contributed by atoms with Crippen molar-refractivity contribution < 1.29 is 37.0 Å². The first-order valence-electron chi connectivity index (χ1n) is 15.3. The van der Waals surface area contributed by atoms with Crippen LogP contribution in [0.5, 0.6) is 23.0 Å². The SMILES string of the molecule is CCCCNC(=O)C(CC)N(Cc1cccc(OC)c1)C(=O)CN(c1ccc(OCC)cc1)S(=O)(=O)c1ccc(OC)c(OC)c1. The lowest BCUT2D eigenvalue weighted by atomic mass is 10.1. The number of nitrogens with zero attached hydrogens (tertiary/aromatic N) is 2. The highest BCUT2D eigenvalue weighted by Gasteiger charge is 2.34. The number of methoxy groups -OCH3 is 3. The predicted molar refractivity (Wildman–Crippen MR) is 177 cm³/mol. The molecule has 0 aliphatic rings. The Labute approximate surface area is 272 Å². The van der Waals surface area contributed by atoms with Gasteiger partial charge in [-0.1, -0.05) is 32.4 Å². The van der Waals surface area contributed by atoms with Gasteiger partial charge in [0.15, 0.2) is 11.5 Å². The maximum atomic E-state index is 14.3. The third-order valence-electron chi connectivity index (χ3n) is 7.36. The standard InChI is InChI=1S/C34H45N3O8S/c1-7-10-20-35-34(39)30(8-2)36(23-25-12-11-13-28(21-25)42-4)33(38)24-37(26-14-16-27(17-15-26)45-9-3)46(40,41)29-18-19-31(43-5)32(22-29)44-6/h11-19,21-22,30H,7-10,20,23-24H2,1-6H3,(H,35,39). The van der Waals surface area contributed by atoms with Gasteiger partial charge in [0.1, 0.15) is 24.1 Å². The summed E-state index contributed by atoms with van der Waals surface area (Å²) in [6, 6.07) is 17.0. The molecule has 0 heterocycles. The van der Waals surface area contributed by atoms with Crippen LogP contribution < -0.4 is 28.6 Å². The maximum absolute atomic E-state index is 14.3. The molecule has 1 atom stereocenters. The number of hydrogen-bond acceptors (Lipinski definition) is 8. The molecule has 2 amide bonds. The van der Waals surface area contributed by atoms with E-state index in [1.807, 2.05) is 26.8 Å². The highest BCUT2D eigenvalue weighted by molar-refractivity contribution is 7.92. The van der Waals surface area contributed by atoms with Crippen LogP contribution in [0.1, 0.15) is 45.6 Å². The number of carbonyl (C=O) groups is 2. The summed E-state index contributed by atoms with van der Waals surface area (Å²) in [5, 5.41) is 2.93. The molecular formula is C34H45N3O8S. The van der Waals surface area contributed by atoms with Crippen LogP contribution >= 0.6 is 0 Å². The summed E-state index contributed by atoms with van der Waals surface area (Å²) in [4.78, 5) is 29.1. The Kier molecular flexibility index (Phi) is 13.5. The predicted octanol–water partition coefficient (Wildman–Crippen LogP) is 5.03. The normalized spacial score (nSPS) is 11.7. The molecule has 0 aliphatic carbocycles. The number of carbonyl (C=O) groups excluding carboxylic acids is 2. The quantitative estimate of drug-likeness (QED) is 0.189. The van der Waals surface area contributed by atoms with Gasteiger partial charge in [-0.15, -0.1) is 0 Å². The van der Waals surface area contributed by atoms with Crippen LogP contribution in [0.3, 0.4) is 0 Å². The summed E-state index contributed by atoms with van der Waals surface area (Å²) in [7, 11) is 0.0835. The van der Waals surface area contributed by atoms with Crippen LogP contribution in [0.4, 0.5) is 5.69 Å². The molecule has 11 nitrogen and oxygen atoms in total. The number of amides is 2. The monoisotopic (exact) mass is 655 g/mol.